The molecule has 5 aromatic rings. The van der Waals surface area contributed by atoms with Crippen LogP contribution >= 0.6 is 0 Å². The second-order valence-electron chi connectivity index (χ2n) is 19.0. The molecule has 2 N–H and O–H groups in total. The van der Waals surface area contributed by atoms with Gasteiger partial charge in [0.1, 0.15) is 23.0 Å². The molecule has 0 saturated heterocycles. The van der Waals surface area contributed by atoms with Gasteiger partial charge >= 0.3 is 0 Å². The summed E-state index contributed by atoms with van der Waals surface area (Å²) in [4.78, 5) is 9.04. The number of hydrogen-bond donors (Lipinski definition) is 2. The lowest BCUT2D eigenvalue weighted by atomic mass is 9.77. The van der Waals surface area contributed by atoms with E-state index < -0.39 is 0 Å². The minimum absolute atomic E-state index is 0.220. The molecule has 1 fully saturated rings. The van der Waals surface area contributed by atoms with Crippen LogP contribution in [0.25, 0.3) is 27.8 Å². The summed E-state index contributed by atoms with van der Waals surface area (Å²) in [6, 6.07) is 14.8. The molecule has 0 amide bonds. The van der Waals surface area contributed by atoms with Gasteiger partial charge in [-0.3, -0.25) is 9.97 Å². The van der Waals surface area contributed by atoms with Gasteiger partial charge in [-0.15, -0.1) is 0 Å². The van der Waals surface area contributed by atoms with Gasteiger partial charge in [-0.05, 0) is 209 Å². The molecule has 64 heavy (non-hydrogen) atoms. The molecule has 2 atom stereocenters. The summed E-state index contributed by atoms with van der Waals surface area (Å²) < 4.78 is 13.4. The van der Waals surface area contributed by atoms with E-state index in [0.717, 1.165) is 115 Å². The van der Waals surface area contributed by atoms with E-state index in [-0.39, 0.29) is 12.2 Å². The minimum Gasteiger partial charge on any atom is -0.507 e. The summed E-state index contributed by atoms with van der Waals surface area (Å²) in [7, 11) is 0. The third-order valence-electron chi connectivity index (χ3n) is 13.9. The van der Waals surface area contributed by atoms with Crippen molar-refractivity contribution in [1.82, 2.24) is 9.97 Å². The number of phenolic OH excluding ortho intramolecular Hbond substituents is 2. The number of benzene rings is 3. The van der Waals surface area contributed by atoms with Gasteiger partial charge in [0, 0.05) is 65.4 Å². The van der Waals surface area contributed by atoms with Crippen molar-refractivity contribution in [2.75, 3.05) is 0 Å². The van der Waals surface area contributed by atoms with Crippen LogP contribution in [0.15, 0.2) is 84.5 Å². The van der Waals surface area contributed by atoms with Crippen LogP contribution in [0.1, 0.15) is 161 Å². The number of aromatic hydroxyl groups is 2. The lowest BCUT2D eigenvalue weighted by Gasteiger charge is -2.28. The van der Waals surface area contributed by atoms with Crippen LogP contribution in [0.3, 0.4) is 0 Å². The number of aryl methyl sites for hydroxylation is 4. The topological polar surface area (TPSA) is 84.7 Å². The summed E-state index contributed by atoms with van der Waals surface area (Å²) in [6.07, 6.45) is 28.8. The molecule has 3 aromatic carbocycles. The van der Waals surface area contributed by atoms with Crippen LogP contribution in [0.2, 0.25) is 0 Å². The SMILES string of the molecule is CCC/C=C1/CCCC/C1=C(/CCC)c1cc(C)cc(-c2cnccc2OC(C)C[C@H](C)Oc2ccncc2-c2cc(C)cc(Cc3c4c(cc5c3CCCC5)CCCC4)c2O)c1O. The molecule has 0 spiro atoms. The van der Waals surface area contributed by atoms with Crippen LogP contribution in [0.4, 0.5) is 0 Å². The Balaban J connectivity index is 1.03. The number of unbranched alkanes of at least 4 members (excludes halogenated alkanes) is 1. The number of hydrogen-bond acceptors (Lipinski definition) is 6. The first-order chi connectivity index (χ1) is 31.1. The Morgan fingerprint density at radius 1 is 0.656 bits per heavy atom. The monoisotopic (exact) mass is 859 g/mol. The number of ether oxygens (including phenoxy) is 2. The predicted molar refractivity (Wildman–Crippen MR) is 263 cm³/mol. The highest BCUT2D eigenvalue weighted by molar-refractivity contribution is 5.85. The number of nitrogens with zero attached hydrogens (tertiary/aromatic N) is 2. The summed E-state index contributed by atoms with van der Waals surface area (Å²) in [6.45, 7) is 12.8. The second kappa shape index (κ2) is 20.6. The van der Waals surface area contributed by atoms with Gasteiger partial charge in [0.15, 0.2) is 0 Å². The molecule has 1 saturated carbocycles. The van der Waals surface area contributed by atoms with Gasteiger partial charge in [0.25, 0.3) is 0 Å². The maximum Gasteiger partial charge on any atom is 0.131 e. The molecule has 8 rings (SSSR count). The first kappa shape index (κ1) is 45.2. The van der Waals surface area contributed by atoms with Crippen molar-refractivity contribution in [3.63, 3.8) is 0 Å². The molecular weight excluding hydrogens is 789 g/mol. The number of fused-ring (bicyclic) bond motifs is 2. The largest absolute Gasteiger partial charge is 0.507 e. The van der Waals surface area contributed by atoms with Crippen molar-refractivity contribution in [1.29, 1.82) is 0 Å². The van der Waals surface area contributed by atoms with Gasteiger partial charge in [0.05, 0.1) is 12.2 Å². The van der Waals surface area contributed by atoms with Crippen molar-refractivity contribution in [2.45, 2.75) is 169 Å². The molecule has 6 nitrogen and oxygen atoms in total. The van der Waals surface area contributed by atoms with E-state index in [4.69, 9.17) is 9.47 Å². The Labute approximate surface area is 382 Å². The van der Waals surface area contributed by atoms with Crippen LogP contribution in [0.5, 0.6) is 23.0 Å². The van der Waals surface area contributed by atoms with Gasteiger partial charge in [0.2, 0.25) is 0 Å². The summed E-state index contributed by atoms with van der Waals surface area (Å²) in [5.74, 6) is 1.96. The molecule has 0 radical (unpaired) electrons. The molecule has 3 aliphatic carbocycles. The normalized spacial score (nSPS) is 17.4. The third-order valence-corrected chi connectivity index (χ3v) is 13.9. The fourth-order valence-electron chi connectivity index (χ4n) is 11.0. The molecule has 2 aromatic heterocycles. The zero-order valence-electron chi connectivity index (χ0n) is 39.4. The van der Waals surface area contributed by atoms with Crippen molar-refractivity contribution in [3.05, 3.63) is 135 Å². The lowest BCUT2D eigenvalue weighted by molar-refractivity contribution is 0.131. The van der Waals surface area contributed by atoms with Crippen LogP contribution in [0, 0.1) is 13.8 Å². The van der Waals surface area contributed by atoms with Gasteiger partial charge < -0.3 is 19.7 Å². The first-order valence-electron chi connectivity index (χ1n) is 24.6. The zero-order chi connectivity index (χ0) is 44.7. The second-order valence-corrected chi connectivity index (χ2v) is 19.0. The maximum atomic E-state index is 12.2. The molecule has 3 aliphatic rings. The Hall–Kier alpha value is -5.36. The molecule has 0 aliphatic heterocycles. The van der Waals surface area contributed by atoms with E-state index in [2.05, 4.69) is 87.9 Å². The van der Waals surface area contributed by atoms with Crippen LogP contribution in [-0.2, 0) is 32.1 Å². The van der Waals surface area contributed by atoms with Gasteiger partial charge in [-0.2, -0.15) is 0 Å². The molecule has 1 unspecified atom stereocenters. The highest BCUT2D eigenvalue weighted by atomic mass is 16.5. The summed E-state index contributed by atoms with van der Waals surface area (Å²) in [5, 5.41) is 24.3. The van der Waals surface area contributed by atoms with E-state index in [1.165, 1.54) is 83.1 Å². The molecule has 6 heteroatoms. The Morgan fingerprint density at radius 3 is 1.83 bits per heavy atom. The minimum atomic E-state index is -0.221. The number of pyridine rings is 2. The molecule has 2 heterocycles. The fourth-order valence-corrected chi connectivity index (χ4v) is 11.0. The number of allylic oxidation sites excluding steroid dienone is 4. The van der Waals surface area contributed by atoms with Gasteiger partial charge in [-0.1, -0.05) is 44.9 Å². The van der Waals surface area contributed by atoms with Crippen LogP contribution in [-0.4, -0.2) is 32.4 Å². The summed E-state index contributed by atoms with van der Waals surface area (Å²) in [5.41, 5.74) is 18.9. The summed E-state index contributed by atoms with van der Waals surface area (Å²) >= 11 is 0. The lowest BCUT2D eigenvalue weighted by Crippen LogP contribution is -2.23. The van der Waals surface area contributed by atoms with Crippen molar-refractivity contribution < 1.29 is 19.7 Å². The zero-order valence-corrected chi connectivity index (χ0v) is 39.4. The maximum absolute atomic E-state index is 12.2. The smallest absolute Gasteiger partial charge is 0.131 e. The Bertz CT molecular complexity index is 2500. The number of phenols is 2. The quantitative estimate of drug-likeness (QED) is 0.109. The number of rotatable bonds is 15. The average Bonchev–Trinajstić information content (AvgIpc) is 3.29. The van der Waals surface area contributed by atoms with Crippen molar-refractivity contribution >= 4 is 5.57 Å². The predicted octanol–water partition coefficient (Wildman–Crippen LogP) is 14.7. The molecular formula is C58H70N2O4. The first-order valence-corrected chi connectivity index (χ1v) is 24.6. The van der Waals surface area contributed by atoms with E-state index in [0.29, 0.717) is 29.4 Å². The Kier molecular flexibility index (Phi) is 14.6. The molecule has 0 bridgehead atoms. The van der Waals surface area contributed by atoms with Crippen molar-refractivity contribution in [3.8, 4) is 45.3 Å². The van der Waals surface area contributed by atoms with E-state index in [9.17, 15) is 10.2 Å². The van der Waals surface area contributed by atoms with E-state index in [1.807, 2.05) is 24.5 Å². The third kappa shape index (κ3) is 9.97. The fraction of sp³-hybridized carbons (Fsp3) is 0.448. The molecule has 336 valence electrons. The standard InChI is InChI=1S/C58H70N2O4/c1-7-9-17-41-18-10-13-21-45(41)48(16-8-2)50-30-38(4)31-52(58(50)62)54-36-60-27-25-56(54)64-40(6)32-39(5)63-55-24-26-59-35-53(55)51-29-37(3)28-44(57(51)61)34-49-46-22-14-11-19-42(46)33-43-20-12-15-23-47(43)49/h17,24-31,33,35-36,39-40,61-62H,7-16,18-23,32,34H2,1-6H3/b41-17-,48-45+/t39-,40?/m0/s1. The van der Waals surface area contributed by atoms with Crippen LogP contribution < -0.4 is 9.47 Å². The average molecular weight is 859 g/mol. The van der Waals surface area contributed by atoms with E-state index in [1.54, 1.807) is 12.4 Å². The van der Waals surface area contributed by atoms with Gasteiger partial charge in [-0.25, -0.2) is 0 Å². The van der Waals surface area contributed by atoms with E-state index >= 15 is 0 Å². The Morgan fingerprint density at radius 2 is 1.22 bits per heavy atom. The highest BCUT2D eigenvalue weighted by Crippen LogP contribution is 2.46. The van der Waals surface area contributed by atoms with Crippen molar-refractivity contribution in [2.24, 2.45) is 0 Å². The number of aromatic nitrogens is 2. The highest BCUT2D eigenvalue weighted by Gasteiger charge is 2.26.